The van der Waals surface area contributed by atoms with E-state index in [1.165, 1.54) is 4.90 Å². The van der Waals surface area contributed by atoms with Crippen LogP contribution in [0.2, 0.25) is 0 Å². The molecule has 2 aromatic carbocycles. The number of benzene rings is 2. The average Bonchev–Trinajstić information content (AvgIpc) is 3.67. The fourth-order valence-corrected chi connectivity index (χ4v) is 8.63. The van der Waals surface area contributed by atoms with Crippen molar-refractivity contribution in [1.82, 2.24) is 9.80 Å². The molecule has 9 nitrogen and oxygen atoms in total. The maximum Gasteiger partial charge on any atom is 0.248 e. The highest BCUT2D eigenvalue weighted by molar-refractivity contribution is 9.09. The van der Waals surface area contributed by atoms with Crippen molar-refractivity contribution in [2.24, 2.45) is 11.8 Å². The molecule has 7 atom stereocenters. The Morgan fingerprint density at radius 2 is 1.79 bits per heavy atom. The van der Waals surface area contributed by atoms with Crippen molar-refractivity contribution < 1.29 is 29.0 Å². The van der Waals surface area contributed by atoms with Gasteiger partial charge < -0.3 is 29.3 Å². The monoisotopic (exact) mass is 707 g/mol. The first-order valence-electron chi connectivity index (χ1n) is 16.6. The van der Waals surface area contributed by atoms with Gasteiger partial charge in [-0.1, -0.05) is 78.2 Å². The first kappa shape index (κ1) is 34.9. The van der Waals surface area contributed by atoms with Crippen molar-refractivity contribution in [1.29, 1.82) is 0 Å². The summed E-state index contributed by atoms with van der Waals surface area (Å²) < 4.78 is 12.4. The van der Waals surface area contributed by atoms with E-state index in [4.69, 9.17) is 9.47 Å². The lowest BCUT2D eigenvalue weighted by molar-refractivity contribution is -0.151. The van der Waals surface area contributed by atoms with Crippen LogP contribution in [0.5, 0.6) is 5.75 Å². The van der Waals surface area contributed by atoms with Crippen LogP contribution in [0, 0.1) is 11.8 Å². The molecule has 3 aliphatic rings. The van der Waals surface area contributed by atoms with E-state index >= 15 is 0 Å². The molecule has 1 spiro atoms. The number of likely N-dealkylation sites (tertiary alicyclic amines) is 1. The molecule has 252 valence electrons. The minimum atomic E-state index is -1.27. The first-order valence-corrected chi connectivity index (χ1v) is 17.5. The Kier molecular flexibility index (Phi) is 11.3. The molecule has 0 aromatic heterocycles. The van der Waals surface area contributed by atoms with Gasteiger partial charge in [0.2, 0.25) is 17.7 Å². The van der Waals surface area contributed by atoms with Crippen molar-refractivity contribution in [3.8, 4) is 5.75 Å². The van der Waals surface area contributed by atoms with E-state index in [1.54, 1.807) is 22.0 Å². The van der Waals surface area contributed by atoms with E-state index in [0.29, 0.717) is 43.1 Å². The summed E-state index contributed by atoms with van der Waals surface area (Å²) in [5, 5.41) is 10.8. The highest BCUT2D eigenvalue weighted by atomic mass is 79.9. The molecule has 0 aliphatic carbocycles. The van der Waals surface area contributed by atoms with Gasteiger partial charge in [-0.15, -0.1) is 13.2 Å². The van der Waals surface area contributed by atoms with E-state index in [0.717, 1.165) is 19.3 Å². The van der Waals surface area contributed by atoms with E-state index in [-0.39, 0.29) is 29.1 Å². The number of aliphatic hydroxyl groups excluding tert-OH is 1. The first-order chi connectivity index (χ1) is 22.8. The second kappa shape index (κ2) is 15.2. The van der Waals surface area contributed by atoms with Crippen molar-refractivity contribution in [2.45, 2.75) is 68.1 Å². The van der Waals surface area contributed by atoms with E-state index in [2.05, 4.69) is 36.0 Å². The molecule has 3 saturated heterocycles. The van der Waals surface area contributed by atoms with Gasteiger partial charge in [-0.2, -0.15) is 0 Å². The maximum absolute atomic E-state index is 14.9. The van der Waals surface area contributed by atoms with E-state index < -0.39 is 42.2 Å². The van der Waals surface area contributed by atoms with Gasteiger partial charge in [0, 0.05) is 30.1 Å². The zero-order valence-electron chi connectivity index (χ0n) is 27.3. The minimum Gasteiger partial charge on any atom is -0.494 e. The molecule has 2 aromatic rings. The molecule has 1 N–H and O–H groups in total. The molecule has 47 heavy (non-hydrogen) atoms. The number of hydrogen-bond acceptors (Lipinski definition) is 6. The fraction of sp³-hybridized carbons (Fsp3) is 0.486. The van der Waals surface area contributed by atoms with Crippen molar-refractivity contribution in [3.63, 3.8) is 0 Å². The van der Waals surface area contributed by atoms with Crippen molar-refractivity contribution in [2.75, 3.05) is 37.7 Å². The van der Waals surface area contributed by atoms with Crippen molar-refractivity contribution >= 4 is 39.3 Å². The number of carbonyl (C=O) groups is 3. The van der Waals surface area contributed by atoms with Gasteiger partial charge in [0.15, 0.2) is 0 Å². The molecular formula is C37H46BrN3O6. The number of alkyl halides is 1. The summed E-state index contributed by atoms with van der Waals surface area (Å²) in [4.78, 5) is 49.0. The number of ether oxygens (including phenoxy) is 2. The van der Waals surface area contributed by atoms with Gasteiger partial charge in [0.1, 0.15) is 17.4 Å². The number of halogens is 1. The van der Waals surface area contributed by atoms with Crippen LogP contribution in [0.25, 0.3) is 0 Å². The third kappa shape index (κ3) is 6.39. The Morgan fingerprint density at radius 1 is 1.09 bits per heavy atom. The topological polar surface area (TPSA) is 99.6 Å². The molecule has 0 saturated carbocycles. The average molecular weight is 709 g/mol. The Bertz CT molecular complexity index is 1440. The maximum atomic E-state index is 14.9. The summed E-state index contributed by atoms with van der Waals surface area (Å²) in [6, 6.07) is 14.6. The van der Waals surface area contributed by atoms with Gasteiger partial charge in [0.25, 0.3) is 0 Å². The van der Waals surface area contributed by atoms with E-state index in [9.17, 15) is 19.5 Å². The number of unbranched alkanes of at least 4 members (excludes halogenated alkanes) is 2. The zero-order chi connectivity index (χ0) is 33.7. The van der Waals surface area contributed by atoms with Crippen LogP contribution >= 0.6 is 15.9 Å². The highest BCUT2D eigenvalue weighted by Gasteiger charge is 2.77. The van der Waals surface area contributed by atoms with Crippen LogP contribution in [0.4, 0.5) is 5.69 Å². The van der Waals surface area contributed by atoms with Crippen LogP contribution < -0.4 is 9.64 Å². The molecule has 3 fully saturated rings. The third-order valence-electron chi connectivity index (χ3n) is 9.67. The van der Waals surface area contributed by atoms with Gasteiger partial charge in [-0.05, 0) is 49.6 Å². The number of amides is 3. The number of hydrogen-bond donors (Lipinski definition) is 1. The SMILES string of the molecule is C=CCN(CCCCC)C(=O)C1N([C@H](CO)c2ccccc2)C(=O)[C@@H]2[C@@H](C(=O)N(CC=C)c3ccc(OCC)cc3)[C@@H]3OC12CC3Br. The molecule has 3 unspecified atom stereocenters. The second-order valence-corrected chi connectivity index (χ2v) is 13.6. The Morgan fingerprint density at radius 3 is 2.40 bits per heavy atom. The normalized spacial score (nSPS) is 26.5. The Labute approximate surface area is 286 Å². The molecule has 5 rings (SSSR count). The summed E-state index contributed by atoms with van der Waals surface area (Å²) in [5.41, 5.74) is 0.0781. The van der Waals surface area contributed by atoms with Gasteiger partial charge in [-0.3, -0.25) is 14.4 Å². The predicted molar refractivity (Wildman–Crippen MR) is 185 cm³/mol. The van der Waals surface area contributed by atoms with Crippen molar-refractivity contribution in [3.05, 3.63) is 85.5 Å². The summed E-state index contributed by atoms with van der Waals surface area (Å²) in [6.07, 6.45) is 5.84. The predicted octanol–water partition coefficient (Wildman–Crippen LogP) is 5.29. The summed E-state index contributed by atoms with van der Waals surface area (Å²) in [7, 11) is 0. The van der Waals surface area contributed by atoms with Crippen LogP contribution in [0.15, 0.2) is 79.9 Å². The number of aliphatic hydroxyl groups is 1. The molecule has 3 aliphatic heterocycles. The quantitative estimate of drug-likeness (QED) is 0.145. The Hall–Kier alpha value is -3.47. The lowest BCUT2D eigenvalue weighted by atomic mass is 9.70. The van der Waals surface area contributed by atoms with Crippen LogP contribution in [-0.2, 0) is 19.1 Å². The number of carbonyl (C=O) groups excluding carboxylic acids is 3. The highest BCUT2D eigenvalue weighted by Crippen LogP contribution is 2.61. The smallest absolute Gasteiger partial charge is 0.248 e. The van der Waals surface area contributed by atoms with Gasteiger partial charge in [0.05, 0.1) is 37.2 Å². The summed E-state index contributed by atoms with van der Waals surface area (Å²) in [5.74, 6) is -1.99. The molecule has 10 heteroatoms. The number of anilines is 1. The Balaban J connectivity index is 1.59. The van der Waals surface area contributed by atoms with Crippen LogP contribution in [0.1, 0.15) is 51.1 Å². The van der Waals surface area contributed by atoms with E-state index in [1.807, 2.05) is 61.5 Å². The lowest BCUT2D eigenvalue weighted by Gasteiger charge is -2.39. The molecule has 0 radical (unpaired) electrons. The standard InChI is InChI=1S/C37H46BrN3O6/c1-5-9-13-22-39(20-6-2)36(45)33-37-23-28(38)32(47-37)30(31(37)35(44)41(33)29(24-42)25-14-11-10-12-15-25)34(43)40(21-7-3)26-16-18-27(19-17-26)46-8-4/h6-7,10-12,14-19,28-33,42H,2-3,5,8-9,13,20-24H2,1,4H3/t28?,29-,30-,31+,32-,33?,37?/m1/s1. The summed E-state index contributed by atoms with van der Waals surface area (Å²) in [6.45, 7) is 12.9. The number of rotatable bonds is 16. The molecule has 3 amide bonds. The second-order valence-electron chi connectivity index (χ2n) is 12.5. The largest absolute Gasteiger partial charge is 0.494 e. The van der Waals surface area contributed by atoms with Gasteiger partial charge in [-0.25, -0.2) is 0 Å². The van der Waals surface area contributed by atoms with Crippen LogP contribution in [0.3, 0.4) is 0 Å². The number of nitrogens with zero attached hydrogens (tertiary/aromatic N) is 3. The van der Waals surface area contributed by atoms with Gasteiger partial charge >= 0.3 is 0 Å². The third-order valence-corrected chi connectivity index (χ3v) is 10.5. The summed E-state index contributed by atoms with van der Waals surface area (Å²) >= 11 is 3.79. The fourth-order valence-electron chi connectivity index (χ4n) is 7.69. The zero-order valence-corrected chi connectivity index (χ0v) is 28.9. The van der Waals surface area contributed by atoms with Crippen LogP contribution in [-0.4, -0.2) is 88.0 Å². The molecule has 2 bridgehead atoms. The molecule has 3 heterocycles. The minimum absolute atomic E-state index is 0.219. The lowest BCUT2D eigenvalue weighted by Crippen LogP contribution is -2.57. The number of fused-ring (bicyclic) bond motifs is 1. The molecular weight excluding hydrogens is 662 g/mol.